The fourth-order valence-electron chi connectivity index (χ4n) is 5.22. The number of phenolic OH excluding ortho intramolecular Hbond substituents is 1. The third-order valence-electron chi connectivity index (χ3n) is 7.56. The van der Waals surface area contributed by atoms with Crippen LogP contribution >= 0.6 is 11.6 Å². The molecular weight excluding hydrogens is 825 g/mol. The van der Waals surface area contributed by atoms with Crippen molar-refractivity contribution >= 4 is 89.1 Å². The van der Waals surface area contributed by atoms with Gasteiger partial charge in [0, 0.05) is 29.3 Å². The van der Waals surface area contributed by atoms with Gasteiger partial charge in [0.15, 0.2) is 0 Å². The topological polar surface area (TPSA) is 250 Å². The van der Waals surface area contributed by atoms with Gasteiger partial charge >= 0.3 is 46.9 Å². The first-order valence-corrected chi connectivity index (χ1v) is 18.1. The number of carbonyl (C=O) groups is 1. The van der Waals surface area contributed by atoms with Gasteiger partial charge < -0.3 is 30.8 Å². The van der Waals surface area contributed by atoms with Gasteiger partial charge in [0.05, 0.1) is 33.3 Å². The third-order valence-corrected chi connectivity index (χ3v) is 9.33. The Hall–Kier alpha value is -5.09. The minimum Gasteiger partial charge on any atom is -0.871 e. The second-order valence-corrected chi connectivity index (χ2v) is 13.8. The van der Waals surface area contributed by atoms with Crippen molar-refractivity contribution in [3.63, 3.8) is 0 Å². The zero-order chi connectivity index (χ0) is 39.9. The predicted octanol–water partition coefficient (Wildman–Crippen LogP) is 3.76. The van der Waals surface area contributed by atoms with Gasteiger partial charge in [0.25, 0.3) is 0 Å². The van der Waals surface area contributed by atoms with Crippen molar-refractivity contribution in [3.05, 3.63) is 102 Å². The van der Waals surface area contributed by atoms with Gasteiger partial charge in [0.1, 0.15) is 11.4 Å². The molecule has 0 bridgehead atoms. The number of hydrogen-bond donors (Lipinski definition) is 3. The normalized spacial score (nSPS) is 11.5. The molecular formula is C38H30ClCrN7NaO8S. The summed E-state index contributed by atoms with van der Waals surface area (Å²) in [5.41, 5.74) is 0.599. The Kier molecular flexibility index (Phi) is 16.5. The van der Waals surface area contributed by atoms with Gasteiger partial charge in [-0.2, -0.15) is 15.3 Å². The first kappa shape index (κ1) is 46.3. The van der Waals surface area contributed by atoms with Gasteiger partial charge in [-0.1, -0.05) is 90.4 Å². The Bertz CT molecular complexity index is 2640. The number of carbonyl (C=O) groups excluding carboxylic acids is 1. The van der Waals surface area contributed by atoms with Crippen LogP contribution in [0.15, 0.2) is 127 Å². The molecule has 0 saturated heterocycles. The van der Waals surface area contributed by atoms with Crippen LogP contribution in [0.4, 0.5) is 34.1 Å². The van der Waals surface area contributed by atoms with E-state index in [1.165, 1.54) is 50.2 Å². The average molecular weight is 855 g/mol. The van der Waals surface area contributed by atoms with Crippen LogP contribution in [-0.2, 0) is 32.2 Å². The van der Waals surface area contributed by atoms with Crippen molar-refractivity contribution in [3.8, 4) is 23.0 Å². The molecule has 1 radical (unpaired) electrons. The molecule has 0 fully saturated rings. The number of azo groups is 2. The van der Waals surface area contributed by atoms with Crippen molar-refractivity contribution in [2.75, 3.05) is 11.9 Å². The molecule has 0 aromatic heterocycles. The van der Waals surface area contributed by atoms with Crippen LogP contribution in [0.3, 0.4) is 0 Å². The number of aromatic hydroxyl groups is 1. The number of fused-ring (bicyclic) bond motifs is 2. The predicted molar refractivity (Wildman–Crippen MR) is 202 cm³/mol. The molecule has 0 aliphatic carbocycles. The largest absolute Gasteiger partial charge is 3.00 e. The molecule has 0 atom stereocenters. The molecule has 0 aliphatic heterocycles. The Morgan fingerprint density at radius 2 is 1.32 bits per heavy atom. The molecule has 15 nitrogen and oxygen atoms in total. The standard InChI is InChI=1S/C20H20N4O5S.C18H14ClN3O3.Cr.Na/c1-3-21-30(28,29)14-8-10-17(26)16(11-14)23-24-20-18(27)9-7-13-5-4-6-15(19(13)20)22-12(2)25;1-10(23)20-13-4-2-3-11-5-7-16(25)18(17(11)13)22-21-14-9-12(19)6-8-15(14)24;;/h4-11,21,26-27H,3H2,1-2H3,(H,22,25);2-9,24-25H,1H3,(H,20,23);;/q;;+3;+1/p-4. The number of amides is 1. The van der Waals surface area contributed by atoms with E-state index >= 15 is 0 Å². The van der Waals surface area contributed by atoms with Crippen LogP contribution in [0.5, 0.6) is 23.0 Å². The summed E-state index contributed by atoms with van der Waals surface area (Å²) in [6.07, 6.45) is 0. The summed E-state index contributed by atoms with van der Waals surface area (Å²) < 4.78 is 26.7. The molecule has 0 saturated carbocycles. The maximum Gasteiger partial charge on any atom is 3.00 e. The maximum atomic E-state index is 12.4. The summed E-state index contributed by atoms with van der Waals surface area (Å²) in [6, 6.07) is 23.8. The zero-order valence-corrected chi connectivity index (χ0v) is 35.5. The van der Waals surface area contributed by atoms with Gasteiger partial charge in [-0.15, -0.1) is 5.11 Å². The molecule has 6 aromatic carbocycles. The SMILES string of the molecule is CC(=O)Nc1cccc2ccc(O)c(N=Nc3cc(Cl)ccc3[O-])c12.CCNS(=O)(=O)c1ccc([O-])c(N=Nc2c([O-])ccc3cccc(N=C(C)[O-])c23)c1.[Cr+3].[Na+]. The first-order chi connectivity index (χ1) is 26.2. The third kappa shape index (κ3) is 11.5. The van der Waals surface area contributed by atoms with E-state index in [0.29, 0.717) is 26.9 Å². The quantitative estimate of drug-likeness (QED) is 0.0834. The average Bonchev–Trinajstić information content (AvgIpc) is 3.13. The van der Waals surface area contributed by atoms with Crippen molar-refractivity contribution in [2.45, 2.75) is 25.7 Å². The van der Waals surface area contributed by atoms with E-state index in [1.54, 1.807) is 49.4 Å². The fourth-order valence-corrected chi connectivity index (χ4v) is 6.45. The second kappa shape index (κ2) is 20.4. The van der Waals surface area contributed by atoms with Crippen LogP contribution in [-0.4, -0.2) is 31.9 Å². The van der Waals surface area contributed by atoms with Crippen LogP contribution in [0.2, 0.25) is 5.02 Å². The first-order valence-electron chi connectivity index (χ1n) is 16.3. The second-order valence-electron chi connectivity index (χ2n) is 11.6. The summed E-state index contributed by atoms with van der Waals surface area (Å²) in [7, 11) is -3.80. The summed E-state index contributed by atoms with van der Waals surface area (Å²) in [5.74, 6) is -2.21. The van der Waals surface area contributed by atoms with E-state index in [2.05, 4.69) is 35.5 Å². The van der Waals surface area contributed by atoms with E-state index in [1.807, 2.05) is 6.07 Å². The molecule has 0 spiro atoms. The number of nitrogens with one attached hydrogen (secondary N) is 2. The van der Waals surface area contributed by atoms with Gasteiger partial charge in [0.2, 0.25) is 15.9 Å². The summed E-state index contributed by atoms with van der Waals surface area (Å²) in [4.78, 5) is 15.2. The molecule has 0 aliphatic rings. The molecule has 6 rings (SSSR count). The Labute approximate surface area is 365 Å². The number of halogens is 1. The number of hydrogen-bond acceptors (Lipinski definition) is 13. The van der Waals surface area contributed by atoms with E-state index in [-0.39, 0.29) is 104 Å². The Balaban J connectivity index is 0.000000299. The van der Waals surface area contributed by atoms with Crippen molar-refractivity contribution < 1.29 is 85.7 Å². The van der Waals surface area contributed by atoms with Crippen molar-refractivity contribution in [1.29, 1.82) is 0 Å². The zero-order valence-electron chi connectivity index (χ0n) is 30.7. The minimum absolute atomic E-state index is 0. The summed E-state index contributed by atoms with van der Waals surface area (Å²) >= 11 is 5.87. The molecule has 6 aromatic rings. The van der Waals surface area contributed by atoms with Gasteiger partial charge in [-0.25, -0.2) is 13.1 Å². The number of sulfonamides is 1. The molecule has 0 unspecified atom stereocenters. The van der Waals surface area contributed by atoms with E-state index in [4.69, 9.17) is 11.6 Å². The van der Waals surface area contributed by atoms with Crippen molar-refractivity contribution in [1.82, 2.24) is 4.72 Å². The number of phenols is 1. The number of anilines is 1. The number of rotatable bonds is 9. The van der Waals surface area contributed by atoms with E-state index in [0.717, 1.165) is 17.5 Å². The fraction of sp³-hybridized carbons (Fsp3) is 0.105. The number of aliphatic imine (C=N–C) groups is 1. The van der Waals surface area contributed by atoms with Gasteiger partial charge in [-0.3, -0.25) is 9.79 Å². The van der Waals surface area contributed by atoms with Crippen LogP contribution in [0.25, 0.3) is 21.5 Å². The number of nitrogens with zero attached hydrogens (tertiary/aromatic N) is 5. The van der Waals surface area contributed by atoms with Crippen LogP contribution < -0.4 is 60.0 Å². The Morgan fingerprint density at radius 1 is 0.737 bits per heavy atom. The molecule has 3 N–H and O–H groups in total. The van der Waals surface area contributed by atoms with E-state index in [9.17, 15) is 38.7 Å². The molecule has 285 valence electrons. The van der Waals surface area contributed by atoms with Crippen LogP contribution in [0, 0.1) is 0 Å². The number of benzene rings is 6. The Morgan fingerprint density at radius 3 is 1.96 bits per heavy atom. The minimum atomic E-state index is -3.80. The molecule has 0 heterocycles. The molecule has 57 heavy (non-hydrogen) atoms. The molecule has 19 heteroatoms. The monoisotopic (exact) mass is 854 g/mol. The smallest absolute Gasteiger partial charge is 0.871 e. The molecule has 1 amide bonds. The van der Waals surface area contributed by atoms with Gasteiger partial charge in [-0.05, 0) is 66.1 Å². The van der Waals surface area contributed by atoms with Crippen LogP contribution in [0.1, 0.15) is 20.8 Å². The summed E-state index contributed by atoms with van der Waals surface area (Å²) in [5, 5.41) is 79.0. The van der Waals surface area contributed by atoms with Crippen molar-refractivity contribution in [2.24, 2.45) is 25.4 Å². The maximum absolute atomic E-state index is 12.4. The summed E-state index contributed by atoms with van der Waals surface area (Å²) in [6.45, 7) is 4.47. The van der Waals surface area contributed by atoms with E-state index < -0.39 is 27.4 Å².